The van der Waals surface area contributed by atoms with E-state index >= 15 is 0 Å². The molecule has 0 spiro atoms. The maximum absolute atomic E-state index is 9.03. The van der Waals surface area contributed by atoms with Crippen molar-refractivity contribution in [3.63, 3.8) is 0 Å². The largest absolute Gasteiger partial charge is 0.313 e. The van der Waals surface area contributed by atoms with E-state index in [0.717, 1.165) is 26.2 Å². The lowest BCUT2D eigenvalue weighted by atomic mass is 10.1. The van der Waals surface area contributed by atoms with Crippen LogP contribution in [0, 0.1) is 11.3 Å². The summed E-state index contributed by atoms with van der Waals surface area (Å²) >= 11 is 0. The molecule has 1 saturated heterocycles. The van der Waals surface area contributed by atoms with Crippen molar-refractivity contribution in [2.45, 2.75) is 57.9 Å². The van der Waals surface area contributed by atoms with Gasteiger partial charge in [0.05, 0.1) is 6.07 Å². The third-order valence-corrected chi connectivity index (χ3v) is 3.55. The molecule has 0 saturated carbocycles. The Labute approximate surface area is 106 Å². The first kappa shape index (κ1) is 14.5. The molecule has 1 rings (SSSR count). The minimum Gasteiger partial charge on any atom is -0.313 e. The first-order chi connectivity index (χ1) is 8.38. The van der Waals surface area contributed by atoms with Gasteiger partial charge in [-0.05, 0) is 13.0 Å². The number of nitrogens with one attached hydrogen (secondary N) is 1. The molecular weight excluding hydrogens is 210 g/mol. The van der Waals surface area contributed by atoms with Gasteiger partial charge in [-0.2, -0.15) is 5.26 Å². The molecule has 0 bridgehead atoms. The fraction of sp³-hybridized carbons (Fsp3) is 0.929. The highest BCUT2D eigenvalue weighted by Gasteiger charge is 2.20. The van der Waals surface area contributed by atoms with Gasteiger partial charge in [-0.15, -0.1) is 0 Å². The van der Waals surface area contributed by atoms with Gasteiger partial charge in [0.1, 0.15) is 6.04 Å². The molecule has 1 aliphatic rings. The molecule has 0 aliphatic carbocycles. The van der Waals surface area contributed by atoms with Crippen molar-refractivity contribution in [3.8, 4) is 6.07 Å². The van der Waals surface area contributed by atoms with E-state index < -0.39 is 0 Å². The van der Waals surface area contributed by atoms with Gasteiger partial charge in [-0.25, -0.2) is 0 Å². The van der Waals surface area contributed by atoms with Crippen molar-refractivity contribution >= 4 is 0 Å². The standard InChI is InChI=1S/C14H27N3/c1-2-3-4-5-6-7-8-10-17-11-9-16-13-14(17)12-15/h14,16H,2-11,13H2,1H3. The van der Waals surface area contributed by atoms with Gasteiger partial charge in [0.25, 0.3) is 0 Å². The predicted octanol–water partition coefficient (Wildman–Crippen LogP) is 2.53. The van der Waals surface area contributed by atoms with Crippen molar-refractivity contribution in [1.29, 1.82) is 5.26 Å². The van der Waals surface area contributed by atoms with Crippen LogP contribution in [0.25, 0.3) is 0 Å². The van der Waals surface area contributed by atoms with Gasteiger partial charge in [0.2, 0.25) is 0 Å². The van der Waals surface area contributed by atoms with E-state index in [2.05, 4.69) is 23.2 Å². The highest BCUT2D eigenvalue weighted by molar-refractivity contribution is 4.95. The van der Waals surface area contributed by atoms with E-state index in [0.29, 0.717) is 0 Å². The Bertz CT molecular complexity index is 222. The first-order valence-corrected chi connectivity index (χ1v) is 7.23. The van der Waals surface area contributed by atoms with Crippen LogP contribution in [-0.4, -0.2) is 37.1 Å². The number of rotatable bonds is 8. The third kappa shape index (κ3) is 6.05. The molecule has 1 fully saturated rings. The second-order valence-electron chi connectivity index (χ2n) is 5.01. The van der Waals surface area contributed by atoms with E-state index in [4.69, 9.17) is 5.26 Å². The summed E-state index contributed by atoms with van der Waals surface area (Å²) in [5, 5.41) is 12.3. The first-order valence-electron chi connectivity index (χ1n) is 7.23. The van der Waals surface area contributed by atoms with Gasteiger partial charge in [-0.1, -0.05) is 45.4 Å². The maximum Gasteiger partial charge on any atom is 0.110 e. The molecule has 1 heterocycles. The molecule has 0 aromatic carbocycles. The van der Waals surface area contributed by atoms with Gasteiger partial charge < -0.3 is 5.32 Å². The zero-order chi connectivity index (χ0) is 12.3. The van der Waals surface area contributed by atoms with E-state index in [1.807, 2.05) is 0 Å². The van der Waals surface area contributed by atoms with Gasteiger partial charge >= 0.3 is 0 Å². The summed E-state index contributed by atoms with van der Waals surface area (Å²) in [5.41, 5.74) is 0. The van der Waals surface area contributed by atoms with Gasteiger partial charge in [0, 0.05) is 19.6 Å². The topological polar surface area (TPSA) is 39.1 Å². The minimum absolute atomic E-state index is 0.101. The molecule has 3 heteroatoms. The highest BCUT2D eigenvalue weighted by Crippen LogP contribution is 2.09. The quantitative estimate of drug-likeness (QED) is 0.659. The van der Waals surface area contributed by atoms with Crippen LogP contribution >= 0.6 is 0 Å². The molecule has 98 valence electrons. The van der Waals surface area contributed by atoms with E-state index in [1.54, 1.807) is 0 Å². The lowest BCUT2D eigenvalue weighted by Gasteiger charge is -2.31. The SMILES string of the molecule is CCCCCCCCCN1CCNCC1C#N. The van der Waals surface area contributed by atoms with E-state index in [-0.39, 0.29) is 6.04 Å². The summed E-state index contributed by atoms with van der Waals surface area (Å²) < 4.78 is 0. The Balaban J connectivity index is 1.99. The second kappa shape index (κ2) is 9.44. The molecule has 0 aromatic rings. The normalized spacial score (nSPS) is 21.3. The molecule has 3 nitrogen and oxygen atoms in total. The van der Waals surface area contributed by atoms with Crippen molar-refractivity contribution in [1.82, 2.24) is 10.2 Å². The van der Waals surface area contributed by atoms with Crippen molar-refractivity contribution < 1.29 is 0 Å². The summed E-state index contributed by atoms with van der Waals surface area (Å²) in [5.74, 6) is 0. The number of nitriles is 1. The second-order valence-corrected chi connectivity index (χ2v) is 5.01. The lowest BCUT2D eigenvalue weighted by molar-refractivity contribution is 0.193. The zero-order valence-electron chi connectivity index (χ0n) is 11.2. The van der Waals surface area contributed by atoms with Gasteiger partial charge in [0.15, 0.2) is 0 Å². The molecule has 1 unspecified atom stereocenters. The molecule has 17 heavy (non-hydrogen) atoms. The Kier molecular flexibility index (Phi) is 8.04. The predicted molar refractivity (Wildman–Crippen MR) is 71.8 cm³/mol. The average Bonchev–Trinajstić information content (AvgIpc) is 2.38. The monoisotopic (exact) mass is 237 g/mol. The van der Waals surface area contributed by atoms with E-state index in [1.165, 1.54) is 44.9 Å². The molecule has 0 amide bonds. The highest BCUT2D eigenvalue weighted by atomic mass is 15.2. The Morgan fingerprint density at radius 2 is 1.88 bits per heavy atom. The van der Waals surface area contributed by atoms with Crippen LogP contribution in [0.2, 0.25) is 0 Å². The number of nitrogens with zero attached hydrogens (tertiary/aromatic N) is 2. The van der Waals surface area contributed by atoms with Crippen molar-refractivity contribution in [2.75, 3.05) is 26.2 Å². The van der Waals surface area contributed by atoms with E-state index in [9.17, 15) is 0 Å². The average molecular weight is 237 g/mol. The van der Waals surface area contributed by atoms with Crippen LogP contribution in [0.3, 0.4) is 0 Å². The minimum atomic E-state index is 0.101. The molecule has 1 atom stereocenters. The molecule has 1 N–H and O–H groups in total. The Morgan fingerprint density at radius 1 is 1.18 bits per heavy atom. The Morgan fingerprint density at radius 3 is 2.59 bits per heavy atom. The molecule has 1 aliphatic heterocycles. The van der Waals surface area contributed by atoms with Crippen molar-refractivity contribution in [3.05, 3.63) is 0 Å². The lowest BCUT2D eigenvalue weighted by Crippen LogP contribution is -2.50. The third-order valence-electron chi connectivity index (χ3n) is 3.55. The summed E-state index contributed by atoms with van der Waals surface area (Å²) in [7, 11) is 0. The van der Waals surface area contributed by atoms with Gasteiger partial charge in [-0.3, -0.25) is 4.90 Å². The van der Waals surface area contributed by atoms with Crippen LogP contribution in [0.4, 0.5) is 0 Å². The molecule has 0 aromatic heterocycles. The van der Waals surface area contributed by atoms with Crippen molar-refractivity contribution in [2.24, 2.45) is 0 Å². The van der Waals surface area contributed by atoms with Crippen LogP contribution < -0.4 is 5.32 Å². The maximum atomic E-state index is 9.03. The zero-order valence-corrected chi connectivity index (χ0v) is 11.2. The van der Waals surface area contributed by atoms with Crippen LogP contribution in [0.15, 0.2) is 0 Å². The van der Waals surface area contributed by atoms with Crippen LogP contribution in [0.5, 0.6) is 0 Å². The summed E-state index contributed by atoms with van der Waals surface area (Å²) in [6, 6.07) is 2.49. The van der Waals surface area contributed by atoms with Crippen LogP contribution in [-0.2, 0) is 0 Å². The summed E-state index contributed by atoms with van der Waals surface area (Å²) in [6.07, 6.45) is 9.43. The summed E-state index contributed by atoms with van der Waals surface area (Å²) in [6.45, 7) is 6.27. The number of unbranched alkanes of at least 4 members (excludes halogenated alkanes) is 6. The fourth-order valence-corrected chi connectivity index (χ4v) is 2.41. The van der Waals surface area contributed by atoms with Crippen LogP contribution in [0.1, 0.15) is 51.9 Å². The fourth-order valence-electron chi connectivity index (χ4n) is 2.41. The molecule has 0 radical (unpaired) electrons. The molecular formula is C14H27N3. The summed E-state index contributed by atoms with van der Waals surface area (Å²) in [4.78, 5) is 2.34. The number of hydrogen-bond acceptors (Lipinski definition) is 3. The Hall–Kier alpha value is -0.590. The smallest absolute Gasteiger partial charge is 0.110 e. The number of piperazine rings is 1. The number of hydrogen-bond donors (Lipinski definition) is 1.